The molecule has 1 aliphatic heterocycles. The Labute approximate surface area is 141 Å². The molecule has 0 bridgehead atoms. The quantitative estimate of drug-likeness (QED) is 0.935. The number of amides is 1. The maximum absolute atomic E-state index is 12.7. The van der Waals surface area contributed by atoms with Gasteiger partial charge in [0.2, 0.25) is 0 Å². The van der Waals surface area contributed by atoms with Crippen LogP contribution in [0.15, 0.2) is 30.3 Å². The van der Waals surface area contributed by atoms with Crippen LogP contribution < -0.4 is 5.32 Å². The average Bonchev–Trinajstić information content (AvgIpc) is 2.59. The van der Waals surface area contributed by atoms with Gasteiger partial charge in [0.15, 0.2) is 0 Å². The molecule has 0 aliphatic carbocycles. The van der Waals surface area contributed by atoms with Gasteiger partial charge < -0.3 is 10.1 Å². The van der Waals surface area contributed by atoms with E-state index in [0.717, 1.165) is 42.7 Å². The van der Waals surface area contributed by atoms with E-state index in [1.54, 1.807) is 0 Å². The van der Waals surface area contributed by atoms with Crippen LogP contribution in [0.5, 0.6) is 0 Å². The Balaban J connectivity index is 1.81. The molecule has 5 heteroatoms. The molecule has 1 aromatic heterocycles. The van der Waals surface area contributed by atoms with Crippen LogP contribution in [-0.2, 0) is 4.74 Å². The van der Waals surface area contributed by atoms with Crippen molar-refractivity contribution in [2.24, 2.45) is 0 Å². The minimum absolute atomic E-state index is 0.0217. The van der Waals surface area contributed by atoms with Crippen LogP contribution in [0.2, 0.25) is 0 Å². The smallest absolute Gasteiger partial charge is 0.252 e. The van der Waals surface area contributed by atoms with E-state index in [1.807, 2.05) is 49.0 Å². The summed E-state index contributed by atoms with van der Waals surface area (Å²) in [5.74, 6) is -0.0217. The Kier molecular flexibility index (Phi) is 4.87. The van der Waals surface area contributed by atoms with Gasteiger partial charge in [-0.2, -0.15) is 11.8 Å². The number of thioether (sulfide) groups is 1. The maximum atomic E-state index is 12.7. The van der Waals surface area contributed by atoms with Gasteiger partial charge in [-0.3, -0.25) is 9.78 Å². The number of carbonyl (C=O) groups excluding carboxylic acids is 1. The van der Waals surface area contributed by atoms with Gasteiger partial charge in [-0.05, 0) is 38.2 Å². The second-order valence-electron chi connectivity index (χ2n) is 6.01. The highest BCUT2D eigenvalue weighted by molar-refractivity contribution is 8.00. The van der Waals surface area contributed by atoms with Crippen LogP contribution in [0.3, 0.4) is 0 Å². The normalized spacial score (nSPS) is 17.1. The van der Waals surface area contributed by atoms with Crippen LogP contribution in [0.25, 0.3) is 10.9 Å². The van der Waals surface area contributed by atoms with E-state index in [2.05, 4.69) is 16.6 Å². The lowest BCUT2D eigenvalue weighted by Crippen LogP contribution is -2.44. The fraction of sp³-hybridized carbons (Fsp3) is 0.444. The SMILES string of the molecule is CSC1(CNC(=O)c2cc(C)nc3ccccc23)CCOCC1. The van der Waals surface area contributed by atoms with Gasteiger partial charge >= 0.3 is 0 Å². The van der Waals surface area contributed by atoms with Gasteiger partial charge in [-0.1, -0.05) is 18.2 Å². The van der Waals surface area contributed by atoms with Crippen molar-refractivity contribution in [1.82, 2.24) is 10.3 Å². The fourth-order valence-electron chi connectivity index (χ4n) is 3.03. The summed E-state index contributed by atoms with van der Waals surface area (Å²) in [7, 11) is 0. The predicted molar refractivity (Wildman–Crippen MR) is 95.1 cm³/mol. The summed E-state index contributed by atoms with van der Waals surface area (Å²) in [6.45, 7) is 4.14. The first-order chi connectivity index (χ1) is 11.1. The van der Waals surface area contributed by atoms with Crippen molar-refractivity contribution in [3.8, 4) is 0 Å². The predicted octanol–water partition coefficient (Wildman–Crippen LogP) is 3.19. The average molecular weight is 330 g/mol. The first-order valence-electron chi connectivity index (χ1n) is 7.91. The highest BCUT2D eigenvalue weighted by atomic mass is 32.2. The molecule has 2 heterocycles. The molecule has 0 spiro atoms. The van der Waals surface area contributed by atoms with Crippen molar-refractivity contribution in [3.63, 3.8) is 0 Å². The number of ether oxygens (including phenoxy) is 1. The lowest BCUT2D eigenvalue weighted by Gasteiger charge is -2.35. The zero-order chi connectivity index (χ0) is 16.3. The third-order valence-electron chi connectivity index (χ3n) is 4.50. The van der Waals surface area contributed by atoms with Crippen LogP contribution >= 0.6 is 11.8 Å². The van der Waals surface area contributed by atoms with E-state index in [9.17, 15) is 4.79 Å². The van der Waals surface area contributed by atoms with Crippen LogP contribution in [-0.4, -0.2) is 41.7 Å². The molecular formula is C18H22N2O2S. The molecule has 3 rings (SSSR count). The minimum Gasteiger partial charge on any atom is -0.381 e. The van der Waals surface area contributed by atoms with Gasteiger partial charge in [0.05, 0.1) is 11.1 Å². The molecule has 1 N–H and O–H groups in total. The Morgan fingerprint density at radius 1 is 1.35 bits per heavy atom. The third kappa shape index (κ3) is 3.51. The van der Waals surface area contributed by atoms with Gasteiger partial charge in [-0.15, -0.1) is 0 Å². The molecule has 1 aliphatic rings. The van der Waals surface area contributed by atoms with E-state index >= 15 is 0 Å². The fourth-order valence-corrected chi connectivity index (χ4v) is 3.82. The van der Waals surface area contributed by atoms with Crippen molar-refractivity contribution in [3.05, 3.63) is 41.6 Å². The molecule has 23 heavy (non-hydrogen) atoms. The lowest BCUT2D eigenvalue weighted by molar-refractivity contribution is 0.0742. The maximum Gasteiger partial charge on any atom is 0.252 e. The Morgan fingerprint density at radius 3 is 2.83 bits per heavy atom. The lowest BCUT2D eigenvalue weighted by atomic mass is 9.98. The van der Waals surface area contributed by atoms with Gasteiger partial charge in [0, 0.05) is 35.6 Å². The number of nitrogens with one attached hydrogen (secondary N) is 1. The first-order valence-corrected chi connectivity index (χ1v) is 9.13. The largest absolute Gasteiger partial charge is 0.381 e. The number of benzene rings is 1. The number of nitrogens with zero attached hydrogens (tertiary/aromatic N) is 1. The Morgan fingerprint density at radius 2 is 2.09 bits per heavy atom. The summed E-state index contributed by atoms with van der Waals surface area (Å²) >= 11 is 1.83. The molecule has 4 nitrogen and oxygen atoms in total. The van der Waals surface area contributed by atoms with E-state index in [1.165, 1.54) is 0 Å². The van der Waals surface area contributed by atoms with E-state index in [4.69, 9.17) is 4.74 Å². The number of carbonyl (C=O) groups is 1. The minimum atomic E-state index is -0.0217. The standard InChI is InChI=1S/C18H22N2O2S/c1-13-11-15(14-5-3-4-6-16(14)20-13)17(21)19-12-18(23-2)7-9-22-10-8-18/h3-6,11H,7-10,12H2,1-2H3,(H,19,21). The van der Waals surface area contributed by atoms with Crippen molar-refractivity contribution in [2.75, 3.05) is 26.0 Å². The second-order valence-corrected chi connectivity index (χ2v) is 7.28. The van der Waals surface area contributed by atoms with Crippen LogP contribution in [0.1, 0.15) is 28.9 Å². The van der Waals surface area contributed by atoms with Crippen LogP contribution in [0, 0.1) is 6.92 Å². The van der Waals surface area contributed by atoms with Crippen molar-refractivity contribution >= 4 is 28.6 Å². The molecule has 1 fully saturated rings. The number of aryl methyl sites for hydroxylation is 1. The number of para-hydroxylation sites is 1. The molecule has 0 radical (unpaired) electrons. The van der Waals surface area contributed by atoms with E-state index < -0.39 is 0 Å². The molecule has 122 valence electrons. The number of pyridine rings is 1. The number of aromatic nitrogens is 1. The summed E-state index contributed by atoms with van der Waals surface area (Å²) in [4.78, 5) is 17.2. The molecule has 0 unspecified atom stereocenters. The number of hydrogen-bond donors (Lipinski definition) is 1. The van der Waals surface area contributed by atoms with Gasteiger partial charge in [0.25, 0.3) is 5.91 Å². The topological polar surface area (TPSA) is 51.2 Å². The number of rotatable bonds is 4. The van der Waals surface area contributed by atoms with Crippen molar-refractivity contribution < 1.29 is 9.53 Å². The van der Waals surface area contributed by atoms with E-state index in [0.29, 0.717) is 12.1 Å². The number of hydrogen-bond acceptors (Lipinski definition) is 4. The molecule has 1 saturated heterocycles. The summed E-state index contributed by atoms with van der Waals surface area (Å²) in [5, 5.41) is 4.04. The number of fused-ring (bicyclic) bond motifs is 1. The van der Waals surface area contributed by atoms with E-state index in [-0.39, 0.29) is 10.7 Å². The highest BCUT2D eigenvalue weighted by Gasteiger charge is 2.32. The van der Waals surface area contributed by atoms with Crippen molar-refractivity contribution in [1.29, 1.82) is 0 Å². The zero-order valence-electron chi connectivity index (χ0n) is 13.6. The van der Waals surface area contributed by atoms with Crippen molar-refractivity contribution in [2.45, 2.75) is 24.5 Å². The summed E-state index contributed by atoms with van der Waals surface area (Å²) in [6.07, 6.45) is 4.07. The molecular weight excluding hydrogens is 308 g/mol. The highest BCUT2D eigenvalue weighted by Crippen LogP contribution is 2.33. The van der Waals surface area contributed by atoms with Gasteiger partial charge in [0.1, 0.15) is 0 Å². The summed E-state index contributed by atoms with van der Waals surface area (Å²) in [5.41, 5.74) is 2.43. The summed E-state index contributed by atoms with van der Waals surface area (Å²) < 4.78 is 5.55. The Bertz CT molecular complexity index is 711. The molecule has 1 aromatic carbocycles. The van der Waals surface area contributed by atoms with Gasteiger partial charge in [-0.25, -0.2) is 0 Å². The second kappa shape index (κ2) is 6.89. The summed E-state index contributed by atoms with van der Waals surface area (Å²) in [6, 6.07) is 9.66. The zero-order valence-corrected chi connectivity index (χ0v) is 14.4. The molecule has 2 aromatic rings. The third-order valence-corrected chi connectivity index (χ3v) is 5.92. The molecule has 0 atom stereocenters. The Hall–Kier alpha value is -1.59. The first kappa shape index (κ1) is 16.3. The monoisotopic (exact) mass is 330 g/mol. The molecule has 0 saturated carbocycles. The van der Waals surface area contributed by atoms with Crippen LogP contribution in [0.4, 0.5) is 0 Å². The molecule has 1 amide bonds.